The van der Waals surface area contributed by atoms with Crippen LogP contribution >= 0.6 is 0 Å². The first kappa shape index (κ1) is 10.5. The monoisotopic (exact) mass is 197 g/mol. The summed E-state index contributed by atoms with van der Waals surface area (Å²) in [6.07, 6.45) is 0. The van der Waals surface area contributed by atoms with Crippen LogP contribution in [0.4, 0.5) is 0 Å². The molecular formula is C9H11NO4. The van der Waals surface area contributed by atoms with Crippen LogP contribution in [-0.4, -0.2) is 24.2 Å². The topological polar surface area (TPSA) is 87.4 Å². The van der Waals surface area contributed by atoms with Crippen molar-refractivity contribution in [1.82, 2.24) is 0 Å². The Kier molecular flexibility index (Phi) is 2.03. The number of esters is 1. The van der Waals surface area contributed by atoms with Gasteiger partial charge in [0.15, 0.2) is 5.41 Å². The number of rotatable bonds is 2. The van der Waals surface area contributed by atoms with E-state index in [4.69, 9.17) is 10.4 Å². The van der Waals surface area contributed by atoms with E-state index >= 15 is 0 Å². The SMILES string of the molecule is COC(=O)C1(C#N)C(C(=O)O)C1(C)C. The van der Waals surface area contributed by atoms with Gasteiger partial charge in [-0.2, -0.15) is 5.26 Å². The number of carbonyl (C=O) groups is 2. The zero-order valence-electron chi connectivity index (χ0n) is 8.20. The van der Waals surface area contributed by atoms with E-state index in [1.165, 1.54) is 0 Å². The Bertz CT molecular complexity index is 341. The molecule has 0 heterocycles. The van der Waals surface area contributed by atoms with Gasteiger partial charge in [-0.15, -0.1) is 0 Å². The second-order valence-electron chi connectivity index (χ2n) is 3.90. The van der Waals surface area contributed by atoms with E-state index in [2.05, 4.69) is 4.74 Å². The molecule has 0 radical (unpaired) electrons. The summed E-state index contributed by atoms with van der Waals surface area (Å²) >= 11 is 0. The second kappa shape index (κ2) is 2.71. The van der Waals surface area contributed by atoms with Crippen LogP contribution in [0.3, 0.4) is 0 Å². The Balaban J connectivity index is 3.14. The predicted octanol–water partition coefficient (Wildman–Crippen LogP) is 0.410. The van der Waals surface area contributed by atoms with Crippen molar-refractivity contribution in [3.63, 3.8) is 0 Å². The average Bonchev–Trinajstić information content (AvgIpc) is 2.62. The van der Waals surface area contributed by atoms with Gasteiger partial charge in [-0.1, -0.05) is 13.8 Å². The normalized spacial score (nSPS) is 32.9. The van der Waals surface area contributed by atoms with Gasteiger partial charge in [0.05, 0.1) is 19.1 Å². The minimum absolute atomic E-state index is 0.766. The molecule has 0 aliphatic heterocycles. The molecule has 0 aromatic rings. The zero-order valence-corrected chi connectivity index (χ0v) is 8.20. The molecule has 0 spiro atoms. The van der Waals surface area contributed by atoms with E-state index in [9.17, 15) is 9.59 Å². The van der Waals surface area contributed by atoms with Crippen molar-refractivity contribution in [3.05, 3.63) is 0 Å². The van der Waals surface area contributed by atoms with E-state index in [-0.39, 0.29) is 0 Å². The van der Waals surface area contributed by atoms with Crippen LogP contribution < -0.4 is 0 Å². The van der Waals surface area contributed by atoms with Gasteiger partial charge in [0.25, 0.3) is 0 Å². The van der Waals surface area contributed by atoms with E-state index in [0.717, 1.165) is 7.11 Å². The number of carbonyl (C=O) groups excluding carboxylic acids is 1. The number of aliphatic carboxylic acids is 1. The summed E-state index contributed by atoms with van der Waals surface area (Å²) in [5.41, 5.74) is -2.38. The number of carboxylic acid groups (broad SMARTS) is 1. The second-order valence-corrected chi connectivity index (χ2v) is 3.90. The molecule has 1 aliphatic carbocycles. The molecule has 5 nitrogen and oxygen atoms in total. The first-order chi connectivity index (χ1) is 6.36. The molecule has 0 saturated heterocycles. The Morgan fingerprint density at radius 1 is 1.50 bits per heavy atom. The fourth-order valence-corrected chi connectivity index (χ4v) is 2.05. The fourth-order valence-electron chi connectivity index (χ4n) is 2.05. The minimum Gasteiger partial charge on any atom is -0.481 e. The first-order valence-electron chi connectivity index (χ1n) is 4.08. The summed E-state index contributed by atoms with van der Waals surface area (Å²) in [6, 6.07) is 1.77. The van der Waals surface area contributed by atoms with Crippen molar-refractivity contribution < 1.29 is 19.4 Å². The highest BCUT2D eigenvalue weighted by molar-refractivity contribution is 5.95. The van der Waals surface area contributed by atoms with Gasteiger partial charge in [-0.05, 0) is 0 Å². The van der Waals surface area contributed by atoms with Crippen molar-refractivity contribution in [2.45, 2.75) is 13.8 Å². The van der Waals surface area contributed by atoms with E-state index in [1.54, 1.807) is 19.9 Å². The molecule has 5 heteroatoms. The van der Waals surface area contributed by atoms with E-state index in [1.807, 2.05) is 0 Å². The van der Waals surface area contributed by atoms with Crippen LogP contribution in [-0.2, 0) is 14.3 Å². The molecule has 0 aromatic carbocycles. The van der Waals surface area contributed by atoms with Crippen molar-refractivity contribution >= 4 is 11.9 Å². The lowest BCUT2D eigenvalue weighted by Gasteiger charge is -2.07. The molecule has 0 bridgehead atoms. The van der Waals surface area contributed by atoms with Crippen molar-refractivity contribution in [2.75, 3.05) is 7.11 Å². The zero-order chi connectivity index (χ0) is 11.1. The van der Waals surface area contributed by atoms with Crippen molar-refractivity contribution in [3.8, 4) is 6.07 Å². The highest BCUT2D eigenvalue weighted by Gasteiger charge is 2.81. The van der Waals surface area contributed by atoms with E-state index < -0.39 is 28.7 Å². The molecule has 0 amide bonds. The van der Waals surface area contributed by atoms with Crippen molar-refractivity contribution in [1.29, 1.82) is 5.26 Å². The lowest BCUT2D eigenvalue weighted by molar-refractivity contribution is -0.149. The summed E-state index contributed by atoms with van der Waals surface area (Å²) < 4.78 is 4.46. The van der Waals surface area contributed by atoms with Crippen LogP contribution in [0.1, 0.15) is 13.8 Å². The number of carboxylic acids is 1. The molecule has 76 valence electrons. The number of nitrogens with zero attached hydrogens (tertiary/aromatic N) is 1. The largest absolute Gasteiger partial charge is 0.481 e. The van der Waals surface area contributed by atoms with Gasteiger partial charge in [-0.25, -0.2) is 0 Å². The van der Waals surface area contributed by atoms with Gasteiger partial charge >= 0.3 is 11.9 Å². The third-order valence-corrected chi connectivity index (χ3v) is 3.02. The van der Waals surface area contributed by atoms with Crippen molar-refractivity contribution in [2.24, 2.45) is 16.7 Å². The molecule has 1 rings (SSSR count). The van der Waals surface area contributed by atoms with Crippen LogP contribution in [0.15, 0.2) is 0 Å². The number of methoxy groups -OCH3 is 1. The van der Waals surface area contributed by atoms with E-state index in [0.29, 0.717) is 0 Å². The number of hydrogen-bond acceptors (Lipinski definition) is 4. The van der Waals surface area contributed by atoms with Gasteiger partial charge in [0.2, 0.25) is 0 Å². The lowest BCUT2D eigenvalue weighted by Crippen LogP contribution is -2.22. The van der Waals surface area contributed by atoms with Gasteiger partial charge in [0.1, 0.15) is 0 Å². The summed E-state index contributed by atoms with van der Waals surface area (Å²) in [6.45, 7) is 3.15. The smallest absolute Gasteiger partial charge is 0.327 e. The molecule has 1 saturated carbocycles. The van der Waals surface area contributed by atoms with Crippen LogP contribution in [0.25, 0.3) is 0 Å². The number of nitriles is 1. The van der Waals surface area contributed by atoms with Crippen LogP contribution in [0, 0.1) is 28.1 Å². The minimum atomic E-state index is -1.52. The summed E-state index contributed by atoms with van der Waals surface area (Å²) in [5, 5.41) is 17.7. The van der Waals surface area contributed by atoms with Crippen LogP contribution in [0.5, 0.6) is 0 Å². The van der Waals surface area contributed by atoms with Gasteiger partial charge in [0, 0.05) is 5.41 Å². The third-order valence-electron chi connectivity index (χ3n) is 3.02. The molecule has 0 aromatic heterocycles. The molecule has 14 heavy (non-hydrogen) atoms. The molecule has 1 aliphatic rings. The quantitative estimate of drug-likeness (QED) is 0.648. The fraction of sp³-hybridized carbons (Fsp3) is 0.667. The Morgan fingerprint density at radius 3 is 2.21 bits per heavy atom. The Labute approximate surface area is 81.3 Å². The van der Waals surface area contributed by atoms with Gasteiger partial charge < -0.3 is 9.84 Å². The lowest BCUT2D eigenvalue weighted by atomic mass is 9.98. The molecule has 1 fully saturated rings. The van der Waals surface area contributed by atoms with Gasteiger partial charge in [-0.3, -0.25) is 9.59 Å². The number of ether oxygens (including phenoxy) is 1. The Morgan fingerprint density at radius 2 is 2.00 bits per heavy atom. The first-order valence-corrected chi connectivity index (χ1v) is 4.08. The third kappa shape index (κ3) is 0.882. The summed E-state index contributed by atoms with van der Waals surface area (Å²) in [5.74, 6) is -2.88. The molecule has 2 atom stereocenters. The Hall–Kier alpha value is -1.57. The standard InChI is InChI=1S/C9H11NO4/c1-8(2)5(6(11)12)9(8,4-10)7(13)14-3/h5H,1-3H3,(H,11,12). The van der Waals surface area contributed by atoms with Crippen LogP contribution in [0.2, 0.25) is 0 Å². The maximum absolute atomic E-state index is 11.3. The highest BCUT2D eigenvalue weighted by atomic mass is 16.5. The maximum Gasteiger partial charge on any atom is 0.327 e. The predicted molar refractivity (Wildman–Crippen MR) is 45.0 cm³/mol. The average molecular weight is 197 g/mol. The number of hydrogen-bond donors (Lipinski definition) is 1. The summed E-state index contributed by atoms with van der Waals surface area (Å²) in [4.78, 5) is 22.2. The maximum atomic E-state index is 11.3. The highest BCUT2D eigenvalue weighted by Crippen LogP contribution is 2.69. The summed E-state index contributed by atoms with van der Waals surface area (Å²) in [7, 11) is 1.15. The molecular weight excluding hydrogens is 186 g/mol. The molecule has 1 N–H and O–H groups in total. The molecule has 2 unspecified atom stereocenters.